The van der Waals surface area contributed by atoms with Crippen molar-refractivity contribution in [2.24, 2.45) is 5.73 Å². The second kappa shape index (κ2) is 6.62. The number of ether oxygens (including phenoxy) is 1. The fourth-order valence-corrected chi connectivity index (χ4v) is 2.05. The van der Waals surface area contributed by atoms with Crippen LogP contribution in [0.15, 0.2) is 24.3 Å². The maximum absolute atomic E-state index is 5.85. The van der Waals surface area contributed by atoms with E-state index in [1.807, 2.05) is 6.92 Å². The van der Waals surface area contributed by atoms with Crippen molar-refractivity contribution >= 4 is 5.69 Å². The molecule has 3 nitrogen and oxygen atoms in total. The van der Waals surface area contributed by atoms with Gasteiger partial charge in [-0.3, -0.25) is 0 Å². The van der Waals surface area contributed by atoms with Gasteiger partial charge in [-0.15, -0.1) is 0 Å². The predicted molar refractivity (Wildman–Crippen MR) is 73.4 cm³/mol. The van der Waals surface area contributed by atoms with Crippen molar-refractivity contribution in [2.75, 3.05) is 25.2 Å². The van der Waals surface area contributed by atoms with E-state index < -0.39 is 0 Å². The molecule has 0 heterocycles. The van der Waals surface area contributed by atoms with Gasteiger partial charge in [-0.05, 0) is 38.5 Å². The van der Waals surface area contributed by atoms with Crippen molar-refractivity contribution in [3.8, 4) is 0 Å². The van der Waals surface area contributed by atoms with E-state index >= 15 is 0 Å². The first-order chi connectivity index (χ1) is 8.10. The Morgan fingerprint density at radius 3 is 2.24 bits per heavy atom. The Bertz CT molecular complexity index is 321. The number of likely N-dealkylation sites (N-methyl/N-ethyl adjacent to an activating group) is 1. The van der Waals surface area contributed by atoms with Crippen molar-refractivity contribution in [1.82, 2.24) is 0 Å². The van der Waals surface area contributed by atoms with Gasteiger partial charge in [0, 0.05) is 31.4 Å². The van der Waals surface area contributed by atoms with E-state index in [2.05, 4.69) is 43.0 Å². The summed E-state index contributed by atoms with van der Waals surface area (Å²) in [5.41, 5.74) is 8.24. The third kappa shape index (κ3) is 3.72. The molecule has 0 spiro atoms. The van der Waals surface area contributed by atoms with Crippen LogP contribution in [0.2, 0.25) is 0 Å². The molecule has 96 valence electrons. The van der Waals surface area contributed by atoms with E-state index in [9.17, 15) is 0 Å². The third-order valence-corrected chi connectivity index (χ3v) is 3.03. The summed E-state index contributed by atoms with van der Waals surface area (Å²) in [6.45, 7) is 8.04. The first kappa shape index (κ1) is 14.0. The molecule has 1 rings (SSSR count). The Kier molecular flexibility index (Phi) is 5.45. The summed E-state index contributed by atoms with van der Waals surface area (Å²) in [7, 11) is 1.74. The zero-order valence-corrected chi connectivity index (χ0v) is 11.3. The second-order valence-electron chi connectivity index (χ2n) is 4.47. The maximum atomic E-state index is 5.85. The van der Waals surface area contributed by atoms with Gasteiger partial charge in [0.1, 0.15) is 0 Å². The molecule has 0 saturated carbocycles. The lowest BCUT2D eigenvalue weighted by Gasteiger charge is -2.30. The van der Waals surface area contributed by atoms with Gasteiger partial charge in [0.15, 0.2) is 0 Å². The molecule has 2 atom stereocenters. The van der Waals surface area contributed by atoms with Crippen LogP contribution in [0.3, 0.4) is 0 Å². The third-order valence-electron chi connectivity index (χ3n) is 3.03. The normalized spacial score (nSPS) is 14.4. The lowest BCUT2D eigenvalue weighted by Crippen LogP contribution is -2.36. The van der Waals surface area contributed by atoms with E-state index in [0.29, 0.717) is 6.04 Å². The summed E-state index contributed by atoms with van der Waals surface area (Å²) < 4.78 is 5.21. The van der Waals surface area contributed by atoms with Crippen molar-refractivity contribution in [3.05, 3.63) is 29.8 Å². The number of nitrogens with two attached hydrogens (primary N) is 1. The van der Waals surface area contributed by atoms with Gasteiger partial charge in [0.05, 0.1) is 6.61 Å². The molecule has 17 heavy (non-hydrogen) atoms. The topological polar surface area (TPSA) is 38.5 Å². The van der Waals surface area contributed by atoms with Gasteiger partial charge in [0.25, 0.3) is 0 Å². The molecule has 0 bridgehead atoms. The van der Waals surface area contributed by atoms with E-state index in [-0.39, 0.29) is 6.04 Å². The Labute approximate surface area is 105 Å². The molecule has 1 aromatic carbocycles. The van der Waals surface area contributed by atoms with Crippen LogP contribution in [0.4, 0.5) is 5.69 Å². The summed E-state index contributed by atoms with van der Waals surface area (Å²) >= 11 is 0. The quantitative estimate of drug-likeness (QED) is 0.825. The van der Waals surface area contributed by atoms with Crippen LogP contribution in [-0.4, -0.2) is 26.3 Å². The van der Waals surface area contributed by atoms with E-state index in [4.69, 9.17) is 10.5 Å². The van der Waals surface area contributed by atoms with Gasteiger partial charge in [0.2, 0.25) is 0 Å². The van der Waals surface area contributed by atoms with Gasteiger partial charge in [-0.1, -0.05) is 12.1 Å². The highest BCUT2D eigenvalue weighted by atomic mass is 16.5. The monoisotopic (exact) mass is 236 g/mol. The number of anilines is 1. The zero-order valence-electron chi connectivity index (χ0n) is 11.3. The number of hydrogen-bond acceptors (Lipinski definition) is 3. The molecule has 2 N–H and O–H groups in total. The lowest BCUT2D eigenvalue weighted by molar-refractivity contribution is 0.182. The van der Waals surface area contributed by atoms with Crippen LogP contribution in [0.1, 0.15) is 32.4 Å². The molecule has 1 unspecified atom stereocenters. The maximum Gasteiger partial charge on any atom is 0.0663 e. The van der Waals surface area contributed by atoms with Crippen molar-refractivity contribution in [1.29, 1.82) is 0 Å². The molecule has 0 aromatic heterocycles. The average Bonchev–Trinajstić information content (AvgIpc) is 2.31. The lowest BCUT2D eigenvalue weighted by atomic mass is 10.1. The van der Waals surface area contributed by atoms with E-state index in [0.717, 1.165) is 13.2 Å². The molecule has 0 aliphatic carbocycles. The molecule has 0 fully saturated rings. The van der Waals surface area contributed by atoms with Crippen LogP contribution in [0, 0.1) is 0 Å². The summed E-state index contributed by atoms with van der Waals surface area (Å²) in [5.74, 6) is 0. The first-order valence-electron chi connectivity index (χ1n) is 6.21. The van der Waals surface area contributed by atoms with Gasteiger partial charge in [-0.25, -0.2) is 0 Å². The minimum atomic E-state index is 0.0931. The van der Waals surface area contributed by atoms with E-state index in [1.54, 1.807) is 7.11 Å². The number of methoxy groups -OCH3 is 1. The number of benzene rings is 1. The molecule has 1 aromatic rings. The summed E-state index contributed by atoms with van der Waals surface area (Å²) in [6, 6.07) is 8.94. The first-order valence-corrected chi connectivity index (χ1v) is 6.21. The minimum Gasteiger partial charge on any atom is -0.383 e. The molecule has 3 heteroatoms. The Hall–Kier alpha value is -1.06. The molecular formula is C14H24N2O. The van der Waals surface area contributed by atoms with Crippen molar-refractivity contribution in [2.45, 2.75) is 32.9 Å². The number of nitrogens with zero attached hydrogens (tertiary/aromatic N) is 1. The predicted octanol–water partition coefficient (Wildman–Crippen LogP) is 2.57. The van der Waals surface area contributed by atoms with Crippen LogP contribution in [0.5, 0.6) is 0 Å². The summed E-state index contributed by atoms with van der Waals surface area (Å²) in [6.07, 6.45) is 0. The molecule has 0 saturated heterocycles. The molecular weight excluding hydrogens is 212 g/mol. The zero-order chi connectivity index (χ0) is 12.8. The summed E-state index contributed by atoms with van der Waals surface area (Å²) in [4.78, 5) is 2.33. The standard InChI is InChI=1S/C14H24N2O/c1-5-16(11(2)10-17-4)14-8-6-13(7-9-14)12(3)15/h6-9,11-12H,5,10,15H2,1-4H3/t11?,12-/m1/s1. The minimum absolute atomic E-state index is 0.0931. The number of hydrogen-bond donors (Lipinski definition) is 1. The Balaban J connectivity index is 2.82. The van der Waals surface area contributed by atoms with Crippen molar-refractivity contribution in [3.63, 3.8) is 0 Å². The van der Waals surface area contributed by atoms with Crippen LogP contribution in [-0.2, 0) is 4.74 Å². The fraction of sp³-hybridized carbons (Fsp3) is 0.571. The average molecular weight is 236 g/mol. The summed E-state index contributed by atoms with van der Waals surface area (Å²) in [5, 5.41) is 0. The van der Waals surface area contributed by atoms with Crippen LogP contribution >= 0.6 is 0 Å². The van der Waals surface area contributed by atoms with Crippen LogP contribution < -0.4 is 10.6 Å². The highest BCUT2D eigenvalue weighted by Crippen LogP contribution is 2.20. The van der Waals surface area contributed by atoms with Gasteiger partial charge in [-0.2, -0.15) is 0 Å². The van der Waals surface area contributed by atoms with Gasteiger partial charge >= 0.3 is 0 Å². The Morgan fingerprint density at radius 2 is 1.82 bits per heavy atom. The highest BCUT2D eigenvalue weighted by molar-refractivity contribution is 5.48. The largest absolute Gasteiger partial charge is 0.383 e. The highest BCUT2D eigenvalue weighted by Gasteiger charge is 2.12. The second-order valence-corrected chi connectivity index (χ2v) is 4.47. The van der Waals surface area contributed by atoms with Crippen LogP contribution in [0.25, 0.3) is 0 Å². The smallest absolute Gasteiger partial charge is 0.0663 e. The number of rotatable bonds is 6. The molecule has 0 aliphatic rings. The SMILES string of the molecule is CCN(c1ccc([C@@H](C)N)cc1)C(C)COC. The Morgan fingerprint density at radius 1 is 1.24 bits per heavy atom. The molecule has 0 radical (unpaired) electrons. The molecule has 0 aliphatic heterocycles. The van der Waals surface area contributed by atoms with E-state index in [1.165, 1.54) is 11.3 Å². The van der Waals surface area contributed by atoms with Gasteiger partial charge < -0.3 is 15.4 Å². The fourth-order valence-electron chi connectivity index (χ4n) is 2.05. The van der Waals surface area contributed by atoms with Crippen molar-refractivity contribution < 1.29 is 4.74 Å². The molecule has 0 amide bonds.